The van der Waals surface area contributed by atoms with Gasteiger partial charge in [0, 0.05) is 6.26 Å². The van der Waals surface area contributed by atoms with E-state index >= 15 is 0 Å². The van der Waals surface area contributed by atoms with Gasteiger partial charge in [0.25, 0.3) is 0 Å². The molecule has 1 aromatic carbocycles. The molecule has 1 amide bonds. The van der Waals surface area contributed by atoms with Crippen molar-refractivity contribution in [2.24, 2.45) is 0 Å². The Morgan fingerprint density at radius 3 is 2.48 bits per heavy atom. The number of anilines is 1. The van der Waals surface area contributed by atoms with E-state index in [1.807, 2.05) is 31.2 Å². The fourth-order valence-corrected chi connectivity index (χ4v) is 2.42. The van der Waals surface area contributed by atoms with Crippen LogP contribution in [0.2, 0.25) is 0 Å². The van der Waals surface area contributed by atoms with Crippen LogP contribution in [-0.2, 0) is 21.1 Å². The van der Waals surface area contributed by atoms with E-state index in [4.69, 9.17) is 0 Å². The fourth-order valence-electron chi connectivity index (χ4n) is 1.86. The average Bonchev–Trinajstić information content (AvgIpc) is 2.41. The lowest BCUT2D eigenvalue weighted by Crippen LogP contribution is -2.15. The molecular weight excluding hydrogens is 288 g/mol. The average molecular weight is 304 g/mol. The molecule has 0 fully saturated rings. The highest BCUT2D eigenvalue weighted by Crippen LogP contribution is 2.12. The predicted molar refractivity (Wildman–Crippen MR) is 80.9 cm³/mol. The molecule has 0 saturated carbocycles. The molecule has 0 aliphatic rings. The zero-order valence-corrected chi connectivity index (χ0v) is 12.6. The van der Waals surface area contributed by atoms with E-state index in [2.05, 4.69) is 10.3 Å². The Morgan fingerprint density at radius 1 is 1.19 bits per heavy atom. The number of rotatable bonds is 4. The van der Waals surface area contributed by atoms with Crippen LogP contribution in [0.3, 0.4) is 0 Å². The summed E-state index contributed by atoms with van der Waals surface area (Å²) in [4.78, 5) is 15.8. The monoisotopic (exact) mass is 304 g/mol. The van der Waals surface area contributed by atoms with Crippen molar-refractivity contribution in [3.63, 3.8) is 0 Å². The van der Waals surface area contributed by atoms with Crippen LogP contribution < -0.4 is 5.32 Å². The van der Waals surface area contributed by atoms with Crippen LogP contribution in [0.4, 0.5) is 5.69 Å². The van der Waals surface area contributed by atoms with E-state index in [1.54, 1.807) is 0 Å². The molecule has 0 spiro atoms. The topological polar surface area (TPSA) is 76.1 Å². The molecule has 6 heteroatoms. The lowest BCUT2D eigenvalue weighted by atomic mass is 10.1. The minimum atomic E-state index is -3.33. The first-order valence-corrected chi connectivity index (χ1v) is 8.26. The maximum Gasteiger partial charge on any atom is 0.228 e. The second kappa shape index (κ2) is 6.05. The Bertz CT molecular complexity index is 753. The van der Waals surface area contributed by atoms with Gasteiger partial charge in [0.05, 0.1) is 18.3 Å². The third-order valence-corrected chi connectivity index (χ3v) is 4.01. The standard InChI is InChI=1S/C15H16N2O3S/c1-11-5-3-4-6-12(11)9-14(18)17-13-7-8-15(16-10-13)21(2,19)20/h3-8,10H,9H2,1-2H3,(H,17,18). The number of amides is 1. The smallest absolute Gasteiger partial charge is 0.228 e. The highest BCUT2D eigenvalue weighted by atomic mass is 32.2. The molecule has 0 bridgehead atoms. The van der Waals surface area contributed by atoms with E-state index in [9.17, 15) is 13.2 Å². The van der Waals surface area contributed by atoms with E-state index < -0.39 is 9.84 Å². The van der Waals surface area contributed by atoms with Gasteiger partial charge in [0.15, 0.2) is 14.9 Å². The highest BCUT2D eigenvalue weighted by molar-refractivity contribution is 7.90. The summed E-state index contributed by atoms with van der Waals surface area (Å²) in [7, 11) is -3.33. The second-order valence-corrected chi connectivity index (χ2v) is 6.77. The molecule has 0 unspecified atom stereocenters. The summed E-state index contributed by atoms with van der Waals surface area (Å²) >= 11 is 0. The summed E-state index contributed by atoms with van der Waals surface area (Å²) in [6, 6.07) is 10.6. The Hall–Kier alpha value is -2.21. The van der Waals surface area contributed by atoms with Gasteiger partial charge in [-0.1, -0.05) is 24.3 Å². The molecule has 21 heavy (non-hydrogen) atoms. The zero-order chi connectivity index (χ0) is 15.5. The molecule has 0 aliphatic carbocycles. The number of sulfone groups is 1. The number of hydrogen-bond donors (Lipinski definition) is 1. The molecule has 110 valence electrons. The first-order valence-electron chi connectivity index (χ1n) is 6.37. The molecule has 1 heterocycles. The van der Waals surface area contributed by atoms with Gasteiger partial charge in [-0.2, -0.15) is 0 Å². The summed E-state index contributed by atoms with van der Waals surface area (Å²) in [5.41, 5.74) is 2.48. The van der Waals surface area contributed by atoms with Crippen molar-refractivity contribution in [2.45, 2.75) is 18.4 Å². The van der Waals surface area contributed by atoms with Crippen molar-refractivity contribution < 1.29 is 13.2 Å². The number of aryl methyl sites for hydroxylation is 1. The molecule has 5 nitrogen and oxygen atoms in total. The third kappa shape index (κ3) is 4.13. The molecule has 1 aromatic heterocycles. The van der Waals surface area contributed by atoms with Crippen LogP contribution in [0.25, 0.3) is 0 Å². The summed E-state index contributed by atoms with van der Waals surface area (Å²) in [6.07, 6.45) is 2.69. The minimum Gasteiger partial charge on any atom is -0.324 e. The van der Waals surface area contributed by atoms with Crippen molar-refractivity contribution >= 4 is 21.4 Å². The third-order valence-electron chi connectivity index (χ3n) is 3.01. The van der Waals surface area contributed by atoms with Crippen molar-refractivity contribution in [3.05, 3.63) is 53.7 Å². The Morgan fingerprint density at radius 2 is 1.90 bits per heavy atom. The number of nitrogens with one attached hydrogen (secondary N) is 1. The van der Waals surface area contributed by atoms with E-state index in [-0.39, 0.29) is 17.4 Å². The number of carbonyl (C=O) groups excluding carboxylic acids is 1. The number of carbonyl (C=O) groups is 1. The van der Waals surface area contributed by atoms with Crippen molar-refractivity contribution in [2.75, 3.05) is 11.6 Å². The first kappa shape index (κ1) is 15.2. The summed E-state index contributed by atoms with van der Waals surface area (Å²) in [6.45, 7) is 1.95. The van der Waals surface area contributed by atoms with E-state index in [0.29, 0.717) is 5.69 Å². The lowest BCUT2D eigenvalue weighted by molar-refractivity contribution is -0.115. The minimum absolute atomic E-state index is 0.0144. The van der Waals surface area contributed by atoms with Gasteiger partial charge in [-0.05, 0) is 30.2 Å². The summed E-state index contributed by atoms with van der Waals surface area (Å²) < 4.78 is 22.6. The van der Waals surface area contributed by atoms with Crippen LogP contribution in [0.1, 0.15) is 11.1 Å². The van der Waals surface area contributed by atoms with Gasteiger partial charge >= 0.3 is 0 Å². The van der Waals surface area contributed by atoms with Gasteiger partial charge in [-0.25, -0.2) is 13.4 Å². The fraction of sp³-hybridized carbons (Fsp3) is 0.200. The first-order chi connectivity index (χ1) is 9.86. The van der Waals surface area contributed by atoms with Crippen LogP contribution in [0, 0.1) is 6.92 Å². The van der Waals surface area contributed by atoms with Gasteiger partial charge in [-0.3, -0.25) is 4.79 Å². The van der Waals surface area contributed by atoms with Crippen molar-refractivity contribution in [3.8, 4) is 0 Å². The van der Waals surface area contributed by atoms with Crippen LogP contribution >= 0.6 is 0 Å². The SMILES string of the molecule is Cc1ccccc1CC(=O)Nc1ccc(S(C)(=O)=O)nc1. The van der Waals surface area contributed by atoms with Gasteiger partial charge in [0.2, 0.25) is 5.91 Å². The molecule has 0 aliphatic heterocycles. The van der Waals surface area contributed by atoms with Gasteiger partial charge in [-0.15, -0.1) is 0 Å². The number of pyridine rings is 1. The van der Waals surface area contributed by atoms with Crippen LogP contribution in [0.15, 0.2) is 47.6 Å². The summed E-state index contributed by atoms with van der Waals surface area (Å²) in [5, 5.41) is 2.69. The maximum atomic E-state index is 12.0. The van der Waals surface area contributed by atoms with E-state index in [1.165, 1.54) is 18.3 Å². The van der Waals surface area contributed by atoms with E-state index in [0.717, 1.165) is 17.4 Å². The molecular formula is C15H16N2O3S. The number of aromatic nitrogens is 1. The molecule has 0 saturated heterocycles. The summed E-state index contributed by atoms with van der Waals surface area (Å²) in [5.74, 6) is -0.168. The Balaban J connectivity index is 2.05. The molecule has 0 atom stereocenters. The quantitative estimate of drug-likeness (QED) is 0.937. The Labute approximate surface area is 124 Å². The predicted octanol–water partition coefficient (Wildman–Crippen LogP) is 1.97. The molecule has 1 N–H and O–H groups in total. The molecule has 0 radical (unpaired) electrons. The highest BCUT2D eigenvalue weighted by Gasteiger charge is 2.10. The van der Waals surface area contributed by atoms with Crippen LogP contribution in [-0.4, -0.2) is 25.6 Å². The number of benzene rings is 1. The van der Waals surface area contributed by atoms with Crippen molar-refractivity contribution in [1.82, 2.24) is 4.98 Å². The Kier molecular flexibility index (Phi) is 4.37. The second-order valence-electron chi connectivity index (χ2n) is 4.81. The normalized spacial score (nSPS) is 11.1. The van der Waals surface area contributed by atoms with Gasteiger partial charge in [0.1, 0.15) is 0 Å². The number of hydrogen-bond acceptors (Lipinski definition) is 4. The largest absolute Gasteiger partial charge is 0.324 e. The lowest BCUT2D eigenvalue weighted by Gasteiger charge is -2.07. The van der Waals surface area contributed by atoms with Crippen molar-refractivity contribution in [1.29, 1.82) is 0 Å². The molecule has 2 rings (SSSR count). The maximum absolute atomic E-state index is 12.0. The molecule has 2 aromatic rings. The number of nitrogens with zero attached hydrogens (tertiary/aromatic N) is 1. The van der Waals surface area contributed by atoms with Crippen LogP contribution in [0.5, 0.6) is 0 Å². The zero-order valence-electron chi connectivity index (χ0n) is 11.8. The van der Waals surface area contributed by atoms with Gasteiger partial charge < -0.3 is 5.32 Å².